The van der Waals surface area contributed by atoms with Gasteiger partial charge in [-0.25, -0.2) is 4.98 Å². The Kier molecular flexibility index (Phi) is 3.07. The van der Waals surface area contributed by atoms with Gasteiger partial charge >= 0.3 is 0 Å². The predicted molar refractivity (Wildman–Crippen MR) is 64.0 cm³/mol. The second-order valence-electron chi connectivity index (χ2n) is 5.13. The zero-order valence-corrected chi connectivity index (χ0v) is 10.5. The predicted octanol–water partition coefficient (Wildman–Crippen LogP) is 2.68. The van der Waals surface area contributed by atoms with Crippen molar-refractivity contribution in [1.82, 2.24) is 14.7 Å². The quantitative estimate of drug-likeness (QED) is 0.760. The maximum absolute atomic E-state index is 4.60. The summed E-state index contributed by atoms with van der Waals surface area (Å²) >= 11 is 1.60. The van der Waals surface area contributed by atoms with E-state index in [1.807, 2.05) is 0 Å². The zero-order chi connectivity index (χ0) is 10.9. The number of fused-ring (bicyclic) bond motifs is 1. The molecule has 1 heterocycles. The van der Waals surface area contributed by atoms with E-state index < -0.39 is 0 Å². The number of aromatic amines is 1. The first-order chi connectivity index (χ1) is 7.04. The Bertz CT molecular complexity index is 315. The number of hydrogen-bond donors (Lipinski definition) is 2. The van der Waals surface area contributed by atoms with Gasteiger partial charge < -0.3 is 4.98 Å². The fraction of sp³-hybridized carbons (Fsp3) is 0.727. The fourth-order valence-corrected chi connectivity index (χ4v) is 2.41. The summed E-state index contributed by atoms with van der Waals surface area (Å²) in [6.07, 6.45) is 4.89. The van der Waals surface area contributed by atoms with E-state index in [0.717, 1.165) is 11.6 Å². The van der Waals surface area contributed by atoms with Gasteiger partial charge in [-0.1, -0.05) is 0 Å². The van der Waals surface area contributed by atoms with Crippen molar-refractivity contribution < 1.29 is 0 Å². The minimum atomic E-state index is 0.123. The average Bonchev–Trinajstić information content (AvgIpc) is 2.56. The minimum Gasteiger partial charge on any atom is -0.336 e. The zero-order valence-electron chi connectivity index (χ0n) is 9.68. The van der Waals surface area contributed by atoms with Crippen LogP contribution in [-0.4, -0.2) is 15.5 Å². The number of imidazole rings is 1. The molecule has 0 saturated heterocycles. The van der Waals surface area contributed by atoms with E-state index in [4.69, 9.17) is 0 Å². The van der Waals surface area contributed by atoms with Crippen LogP contribution in [0.15, 0.2) is 5.16 Å². The van der Waals surface area contributed by atoms with Crippen molar-refractivity contribution in [2.24, 2.45) is 0 Å². The molecular weight excluding hydrogens is 206 g/mol. The summed E-state index contributed by atoms with van der Waals surface area (Å²) < 4.78 is 3.37. The van der Waals surface area contributed by atoms with Crippen LogP contribution in [0.2, 0.25) is 0 Å². The van der Waals surface area contributed by atoms with E-state index in [1.165, 1.54) is 30.7 Å². The lowest BCUT2D eigenvalue weighted by molar-refractivity contribution is 0.534. The van der Waals surface area contributed by atoms with Gasteiger partial charge in [0, 0.05) is 11.2 Å². The molecule has 0 amide bonds. The Morgan fingerprint density at radius 2 is 2.00 bits per heavy atom. The van der Waals surface area contributed by atoms with Gasteiger partial charge in [0.1, 0.15) is 0 Å². The van der Waals surface area contributed by atoms with Crippen LogP contribution < -0.4 is 4.72 Å². The second kappa shape index (κ2) is 4.18. The van der Waals surface area contributed by atoms with Crippen LogP contribution in [0.25, 0.3) is 0 Å². The highest BCUT2D eigenvalue weighted by atomic mass is 32.2. The molecule has 84 valence electrons. The molecule has 0 atom stereocenters. The normalized spacial score (nSPS) is 16.5. The second-order valence-corrected chi connectivity index (χ2v) is 5.92. The lowest BCUT2D eigenvalue weighted by Gasteiger charge is -2.18. The van der Waals surface area contributed by atoms with Crippen molar-refractivity contribution in [3.63, 3.8) is 0 Å². The molecule has 0 fully saturated rings. The molecule has 0 saturated carbocycles. The molecule has 0 aliphatic heterocycles. The number of nitrogens with zero attached hydrogens (tertiary/aromatic N) is 1. The van der Waals surface area contributed by atoms with Crippen molar-refractivity contribution >= 4 is 11.9 Å². The summed E-state index contributed by atoms with van der Waals surface area (Å²) in [4.78, 5) is 7.99. The largest absolute Gasteiger partial charge is 0.336 e. The van der Waals surface area contributed by atoms with Gasteiger partial charge in [0.05, 0.1) is 5.69 Å². The highest BCUT2D eigenvalue weighted by molar-refractivity contribution is 7.97. The molecule has 0 radical (unpaired) electrons. The van der Waals surface area contributed by atoms with Gasteiger partial charge in [0.2, 0.25) is 0 Å². The van der Waals surface area contributed by atoms with E-state index in [0.29, 0.717) is 0 Å². The van der Waals surface area contributed by atoms with E-state index >= 15 is 0 Å². The summed E-state index contributed by atoms with van der Waals surface area (Å²) in [5.74, 6) is 0. The van der Waals surface area contributed by atoms with Crippen molar-refractivity contribution in [2.75, 3.05) is 0 Å². The highest BCUT2D eigenvalue weighted by Gasteiger charge is 2.16. The number of H-pyrrole nitrogens is 1. The number of rotatable bonds is 2. The highest BCUT2D eigenvalue weighted by Crippen LogP contribution is 2.23. The first-order valence-corrected chi connectivity index (χ1v) is 6.38. The molecular formula is C11H19N3S. The van der Waals surface area contributed by atoms with E-state index in [9.17, 15) is 0 Å². The van der Waals surface area contributed by atoms with Crippen LogP contribution in [0.5, 0.6) is 0 Å². The summed E-state index contributed by atoms with van der Waals surface area (Å²) in [5.41, 5.74) is 2.75. The number of aryl methyl sites for hydroxylation is 2. The summed E-state index contributed by atoms with van der Waals surface area (Å²) in [6.45, 7) is 6.47. The van der Waals surface area contributed by atoms with Crippen LogP contribution in [0, 0.1) is 0 Å². The number of aromatic nitrogens is 2. The molecule has 0 spiro atoms. The van der Waals surface area contributed by atoms with Crippen LogP contribution in [0.1, 0.15) is 45.0 Å². The molecule has 1 aliphatic rings. The van der Waals surface area contributed by atoms with Crippen LogP contribution in [0.3, 0.4) is 0 Å². The first-order valence-electron chi connectivity index (χ1n) is 5.56. The number of nitrogens with one attached hydrogen (secondary N) is 2. The molecule has 1 aromatic rings. The SMILES string of the molecule is CC(C)(C)NSc1nc2c([nH]1)CCCC2. The summed E-state index contributed by atoms with van der Waals surface area (Å²) in [5, 5.41) is 1.01. The van der Waals surface area contributed by atoms with Crippen molar-refractivity contribution in [3.05, 3.63) is 11.4 Å². The maximum Gasteiger partial charge on any atom is 0.181 e. The molecule has 0 aromatic carbocycles. The third-order valence-corrected chi connectivity index (χ3v) is 3.49. The van der Waals surface area contributed by atoms with Gasteiger partial charge in [-0.3, -0.25) is 4.72 Å². The van der Waals surface area contributed by atoms with Gasteiger partial charge in [-0.2, -0.15) is 0 Å². The van der Waals surface area contributed by atoms with E-state index in [2.05, 4.69) is 35.5 Å². The molecule has 0 bridgehead atoms. The molecule has 2 N–H and O–H groups in total. The van der Waals surface area contributed by atoms with Gasteiger partial charge in [0.15, 0.2) is 5.16 Å². The lowest BCUT2D eigenvalue weighted by atomic mass is 10.0. The Morgan fingerprint density at radius 3 is 2.67 bits per heavy atom. The van der Waals surface area contributed by atoms with E-state index in [-0.39, 0.29) is 5.54 Å². The van der Waals surface area contributed by atoms with Gasteiger partial charge in [-0.15, -0.1) is 0 Å². The van der Waals surface area contributed by atoms with Crippen LogP contribution >= 0.6 is 11.9 Å². The average molecular weight is 225 g/mol. The Labute approximate surface area is 95.6 Å². The molecule has 1 aliphatic carbocycles. The lowest BCUT2D eigenvalue weighted by Crippen LogP contribution is -2.29. The van der Waals surface area contributed by atoms with E-state index in [1.54, 1.807) is 11.9 Å². The number of hydrogen-bond acceptors (Lipinski definition) is 3. The molecule has 1 aromatic heterocycles. The van der Waals surface area contributed by atoms with Gasteiger partial charge in [0.25, 0.3) is 0 Å². The third kappa shape index (κ3) is 2.98. The van der Waals surface area contributed by atoms with Gasteiger partial charge in [-0.05, 0) is 58.4 Å². The molecule has 3 nitrogen and oxygen atoms in total. The van der Waals surface area contributed by atoms with Crippen molar-refractivity contribution in [3.8, 4) is 0 Å². The van der Waals surface area contributed by atoms with Crippen LogP contribution in [-0.2, 0) is 12.8 Å². The van der Waals surface area contributed by atoms with Crippen molar-refractivity contribution in [1.29, 1.82) is 0 Å². The summed E-state index contributed by atoms with van der Waals surface area (Å²) in [6, 6.07) is 0. The van der Waals surface area contributed by atoms with Crippen molar-refractivity contribution in [2.45, 2.75) is 57.1 Å². The fourth-order valence-electron chi connectivity index (χ4n) is 1.68. The van der Waals surface area contributed by atoms with Crippen LogP contribution in [0.4, 0.5) is 0 Å². The summed E-state index contributed by atoms with van der Waals surface area (Å²) in [7, 11) is 0. The first kappa shape index (κ1) is 11.0. The standard InChI is InChI=1S/C11H19N3S/c1-11(2,3)14-15-10-12-8-6-4-5-7-9(8)13-10/h14H,4-7H2,1-3H3,(H,12,13). The third-order valence-electron chi connectivity index (χ3n) is 2.39. The maximum atomic E-state index is 4.60. The Morgan fingerprint density at radius 1 is 1.27 bits per heavy atom. The minimum absolute atomic E-state index is 0.123. The molecule has 15 heavy (non-hydrogen) atoms. The topological polar surface area (TPSA) is 40.7 Å². The Hall–Kier alpha value is -0.480. The smallest absolute Gasteiger partial charge is 0.181 e. The molecule has 0 unspecified atom stereocenters. The molecule has 2 rings (SSSR count). The monoisotopic (exact) mass is 225 g/mol. The Balaban J connectivity index is 2.01. The molecule has 4 heteroatoms.